The number of nitrogens with one attached hydrogen (secondary N) is 1. The molecule has 0 aromatic heterocycles. The second-order valence-corrected chi connectivity index (χ2v) is 7.75. The second kappa shape index (κ2) is 11.5. The van der Waals surface area contributed by atoms with Gasteiger partial charge in [0, 0.05) is 63.1 Å². The lowest BCUT2D eigenvalue weighted by atomic mass is 10.2. The molecule has 0 bridgehead atoms. The zero-order valence-electron chi connectivity index (χ0n) is 18.5. The van der Waals surface area contributed by atoms with E-state index in [0.717, 1.165) is 51.5 Å². The van der Waals surface area contributed by atoms with Gasteiger partial charge in [-0.25, -0.2) is 5.43 Å². The SMILES string of the molecule is CCN(CC)c1ccc(C=NNC(=O)CN2CCN(Cc3ccccc3)CC2)c(O)c1. The van der Waals surface area contributed by atoms with E-state index in [2.05, 4.69) is 63.3 Å². The minimum atomic E-state index is -0.146. The monoisotopic (exact) mass is 423 g/mol. The van der Waals surface area contributed by atoms with Crippen LogP contribution in [0.25, 0.3) is 0 Å². The zero-order chi connectivity index (χ0) is 22.1. The van der Waals surface area contributed by atoms with Gasteiger partial charge in [0.25, 0.3) is 5.91 Å². The highest BCUT2D eigenvalue weighted by molar-refractivity contribution is 5.86. The summed E-state index contributed by atoms with van der Waals surface area (Å²) in [6, 6.07) is 15.9. The van der Waals surface area contributed by atoms with Crippen molar-refractivity contribution in [3.05, 3.63) is 59.7 Å². The van der Waals surface area contributed by atoms with Crippen molar-refractivity contribution < 1.29 is 9.90 Å². The molecule has 1 amide bonds. The third-order valence-corrected chi connectivity index (χ3v) is 5.62. The van der Waals surface area contributed by atoms with Crippen LogP contribution in [0.4, 0.5) is 5.69 Å². The lowest BCUT2D eigenvalue weighted by molar-refractivity contribution is -0.122. The van der Waals surface area contributed by atoms with E-state index in [1.54, 1.807) is 6.07 Å². The van der Waals surface area contributed by atoms with E-state index in [1.165, 1.54) is 11.8 Å². The molecule has 1 heterocycles. The Morgan fingerprint density at radius 3 is 2.39 bits per heavy atom. The van der Waals surface area contributed by atoms with Crippen molar-refractivity contribution >= 4 is 17.8 Å². The van der Waals surface area contributed by atoms with Crippen LogP contribution in [0.5, 0.6) is 5.75 Å². The quantitative estimate of drug-likeness (QED) is 0.479. The number of rotatable bonds is 9. The molecule has 0 saturated carbocycles. The molecule has 0 radical (unpaired) electrons. The first-order valence-electron chi connectivity index (χ1n) is 11.0. The minimum absolute atomic E-state index is 0.146. The Kier molecular flexibility index (Phi) is 8.44. The molecule has 2 aromatic rings. The number of nitrogens with zero attached hydrogens (tertiary/aromatic N) is 4. The van der Waals surface area contributed by atoms with Gasteiger partial charge in [0.2, 0.25) is 0 Å². The van der Waals surface area contributed by atoms with Crippen LogP contribution in [0, 0.1) is 0 Å². The Morgan fingerprint density at radius 2 is 1.74 bits per heavy atom. The van der Waals surface area contributed by atoms with Crippen molar-refractivity contribution in [2.24, 2.45) is 5.10 Å². The maximum Gasteiger partial charge on any atom is 0.254 e. The maximum absolute atomic E-state index is 12.2. The van der Waals surface area contributed by atoms with E-state index in [9.17, 15) is 9.90 Å². The molecule has 7 nitrogen and oxygen atoms in total. The number of phenols is 1. The molecule has 1 aliphatic heterocycles. The molecule has 0 spiro atoms. The number of benzene rings is 2. The fourth-order valence-electron chi connectivity index (χ4n) is 3.79. The summed E-state index contributed by atoms with van der Waals surface area (Å²) in [5.74, 6) is 0.00366. The van der Waals surface area contributed by atoms with E-state index in [-0.39, 0.29) is 11.7 Å². The van der Waals surface area contributed by atoms with Gasteiger partial charge in [-0.15, -0.1) is 0 Å². The van der Waals surface area contributed by atoms with Crippen molar-refractivity contribution in [3.63, 3.8) is 0 Å². The molecule has 0 unspecified atom stereocenters. The third-order valence-electron chi connectivity index (χ3n) is 5.62. The predicted octanol–water partition coefficient (Wildman–Crippen LogP) is 2.51. The number of piperazine rings is 1. The number of hydrogen-bond donors (Lipinski definition) is 2. The van der Waals surface area contributed by atoms with Crippen LogP contribution in [0.3, 0.4) is 0 Å². The van der Waals surface area contributed by atoms with Gasteiger partial charge in [0.15, 0.2) is 0 Å². The van der Waals surface area contributed by atoms with Gasteiger partial charge < -0.3 is 10.0 Å². The van der Waals surface area contributed by atoms with Gasteiger partial charge in [0.05, 0.1) is 12.8 Å². The molecule has 2 aromatic carbocycles. The first kappa shape index (κ1) is 22.8. The van der Waals surface area contributed by atoms with Gasteiger partial charge >= 0.3 is 0 Å². The highest BCUT2D eigenvalue weighted by atomic mass is 16.3. The zero-order valence-corrected chi connectivity index (χ0v) is 18.5. The van der Waals surface area contributed by atoms with E-state index >= 15 is 0 Å². The molecule has 0 aliphatic carbocycles. The van der Waals surface area contributed by atoms with Crippen LogP contribution in [0.1, 0.15) is 25.0 Å². The Balaban J connectivity index is 1.42. The fourth-order valence-corrected chi connectivity index (χ4v) is 3.79. The van der Waals surface area contributed by atoms with E-state index in [0.29, 0.717) is 12.1 Å². The topological polar surface area (TPSA) is 71.4 Å². The Bertz CT molecular complexity index is 860. The number of hydrazone groups is 1. The summed E-state index contributed by atoms with van der Waals surface area (Å²) < 4.78 is 0. The molecule has 1 fully saturated rings. The third kappa shape index (κ3) is 6.80. The minimum Gasteiger partial charge on any atom is -0.507 e. The molecular formula is C24H33N5O2. The number of phenolic OH excluding ortho intramolecular Hbond substituents is 1. The fraction of sp³-hybridized carbons (Fsp3) is 0.417. The van der Waals surface area contributed by atoms with Crippen molar-refractivity contribution in [3.8, 4) is 5.75 Å². The Labute approximate surface area is 185 Å². The summed E-state index contributed by atoms with van der Waals surface area (Å²) in [5.41, 5.74) is 5.43. The lowest BCUT2D eigenvalue weighted by Gasteiger charge is -2.34. The van der Waals surface area contributed by atoms with E-state index in [1.807, 2.05) is 18.2 Å². The van der Waals surface area contributed by atoms with Crippen molar-refractivity contribution in [1.29, 1.82) is 0 Å². The predicted molar refractivity (Wildman–Crippen MR) is 126 cm³/mol. The number of aromatic hydroxyl groups is 1. The largest absolute Gasteiger partial charge is 0.507 e. The highest BCUT2D eigenvalue weighted by Crippen LogP contribution is 2.23. The molecule has 1 saturated heterocycles. The molecule has 3 rings (SSSR count). The van der Waals surface area contributed by atoms with Crippen LogP contribution < -0.4 is 10.3 Å². The standard InChI is InChI=1S/C24H33N5O2/c1-3-29(4-2)22-11-10-21(23(30)16-22)17-25-26-24(31)19-28-14-12-27(13-15-28)18-20-8-6-5-7-9-20/h5-11,16-17,30H,3-4,12-15,18-19H2,1-2H3,(H,26,31). The summed E-state index contributed by atoms with van der Waals surface area (Å²) in [4.78, 5) is 18.9. The van der Waals surface area contributed by atoms with E-state index in [4.69, 9.17) is 0 Å². The molecule has 7 heteroatoms. The molecule has 166 valence electrons. The van der Waals surface area contributed by atoms with Crippen molar-refractivity contribution in [2.45, 2.75) is 20.4 Å². The number of carbonyl (C=O) groups is 1. The van der Waals surface area contributed by atoms with Crippen LogP contribution in [-0.2, 0) is 11.3 Å². The second-order valence-electron chi connectivity index (χ2n) is 7.75. The number of amides is 1. The van der Waals surface area contributed by atoms with Crippen LogP contribution >= 0.6 is 0 Å². The average molecular weight is 424 g/mol. The molecule has 0 atom stereocenters. The smallest absolute Gasteiger partial charge is 0.254 e. The summed E-state index contributed by atoms with van der Waals surface area (Å²) in [7, 11) is 0. The lowest BCUT2D eigenvalue weighted by Crippen LogP contribution is -2.48. The summed E-state index contributed by atoms with van der Waals surface area (Å²) >= 11 is 0. The van der Waals surface area contributed by atoms with Gasteiger partial charge in [-0.2, -0.15) is 5.10 Å². The molecule has 1 aliphatic rings. The number of anilines is 1. The highest BCUT2D eigenvalue weighted by Gasteiger charge is 2.18. The first-order chi connectivity index (χ1) is 15.1. The molecule has 31 heavy (non-hydrogen) atoms. The molecular weight excluding hydrogens is 390 g/mol. The Hall–Kier alpha value is -2.90. The maximum atomic E-state index is 12.2. The first-order valence-corrected chi connectivity index (χ1v) is 11.0. The van der Waals surface area contributed by atoms with Gasteiger partial charge in [0.1, 0.15) is 5.75 Å². The van der Waals surface area contributed by atoms with Crippen molar-refractivity contribution in [2.75, 3.05) is 50.7 Å². The average Bonchev–Trinajstić information content (AvgIpc) is 2.78. The Morgan fingerprint density at radius 1 is 1.06 bits per heavy atom. The van der Waals surface area contributed by atoms with E-state index < -0.39 is 0 Å². The molecule has 2 N–H and O–H groups in total. The van der Waals surface area contributed by atoms with Gasteiger partial charge in [-0.05, 0) is 31.5 Å². The van der Waals surface area contributed by atoms with Crippen LogP contribution in [-0.4, -0.2) is 72.8 Å². The van der Waals surface area contributed by atoms with Crippen LogP contribution in [0.2, 0.25) is 0 Å². The van der Waals surface area contributed by atoms with Gasteiger partial charge in [-0.1, -0.05) is 30.3 Å². The summed E-state index contributed by atoms with van der Waals surface area (Å²) in [5, 5.41) is 14.3. The normalized spacial score (nSPS) is 15.3. The number of carbonyl (C=O) groups excluding carboxylic acids is 1. The van der Waals surface area contributed by atoms with Gasteiger partial charge in [-0.3, -0.25) is 14.6 Å². The summed E-state index contributed by atoms with van der Waals surface area (Å²) in [6.07, 6.45) is 1.48. The van der Waals surface area contributed by atoms with Crippen LogP contribution in [0.15, 0.2) is 53.6 Å². The number of hydrogen-bond acceptors (Lipinski definition) is 6. The van der Waals surface area contributed by atoms with Crippen molar-refractivity contribution in [1.82, 2.24) is 15.2 Å². The summed E-state index contributed by atoms with van der Waals surface area (Å²) in [6.45, 7) is 10.8.